The van der Waals surface area contributed by atoms with E-state index in [1.165, 1.54) is 0 Å². The predicted octanol–water partition coefficient (Wildman–Crippen LogP) is 0.429. The molecule has 1 aromatic rings. The number of nitrogens with one attached hydrogen (secondary N) is 3. The maximum atomic E-state index is 11.2. The Hall–Kier alpha value is -1.56. The van der Waals surface area contributed by atoms with Gasteiger partial charge in [-0.15, -0.1) is 0 Å². The largest absolute Gasteiger partial charge is 0.381 e. The van der Waals surface area contributed by atoms with Crippen LogP contribution in [0.2, 0.25) is 0 Å². The molecule has 0 spiro atoms. The highest BCUT2D eigenvalue weighted by molar-refractivity contribution is 5.75. The number of carbonyl (C=O) groups is 1. The van der Waals surface area contributed by atoms with Crippen LogP contribution in [0.15, 0.2) is 12.4 Å². The average molecular weight is 253 g/mol. The van der Waals surface area contributed by atoms with Crippen LogP contribution in [0.25, 0.3) is 0 Å². The van der Waals surface area contributed by atoms with E-state index >= 15 is 0 Å². The zero-order valence-corrected chi connectivity index (χ0v) is 11.6. The molecule has 0 bridgehead atoms. The van der Waals surface area contributed by atoms with Gasteiger partial charge in [-0.05, 0) is 20.8 Å². The summed E-state index contributed by atoms with van der Waals surface area (Å²) >= 11 is 0. The van der Waals surface area contributed by atoms with Crippen molar-refractivity contribution in [3.05, 3.63) is 12.4 Å². The fraction of sp³-hybridized carbons (Fsp3) is 0.667. The molecule has 0 saturated carbocycles. The summed E-state index contributed by atoms with van der Waals surface area (Å²) in [5, 5.41) is 13.3. The van der Waals surface area contributed by atoms with Crippen molar-refractivity contribution < 1.29 is 4.79 Å². The lowest BCUT2D eigenvalue weighted by molar-refractivity contribution is -0.121. The number of carbonyl (C=O) groups excluding carboxylic acids is 1. The summed E-state index contributed by atoms with van der Waals surface area (Å²) in [4.78, 5) is 11.2. The van der Waals surface area contributed by atoms with E-state index in [2.05, 4.69) is 41.8 Å². The molecule has 0 aromatic carbocycles. The molecule has 0 saturated heterocycles. The van der Waals surface area contributed by atoms with E-state index in [0.29, 0.717) is 0 Å². The van der Waals surface area contributed by atoms with Gasteiger partial charge in [0.05, 0.1) is 11.9 Å². The van der Waals surface area contributed by atoms with Crippen molar-refractivity contribution in [3.63, 3.8) is 0 Å². The minimum absolute atomic E-state index is 0.0564. The molecule has 1 amide bonds. The molecule has 1 aromatic heterocycles. The maximum absolute atomic E-state index is 11.2. The number of nitrogens with zero attached hydrogens (tertiary/aromatic N) is 2. The molecule has 3 N–H and O–H groups in total. The first kappa shape index (κ1) is 14.5. The van der Waals surface area contributed by atoms with E-state index < -0.39 is 0 Å². The standard InChI is InChI=1S/C12H23N5O/c1-12(2,3)15-6-5-14-10-7-16-17(8-10)9-11(18)13-4/h7-8,14-15H,5-6,9H2,1-4H3,(H,13,18). The van der Waals surface area contributed by atoms with E-state index in [1.807, 2.05) is 6.20 Å². The van der Waals surface area contributed by atoms with Crippen LogP contribution in [0, 0.1) is 0 Å². The normalized spacial score (nSPS) is 11.3. The fourth-order valence-electron chi connectivity index (χ4n) is 1.41. The van der Waals surface area contributed by atoms with E-state index in [4.69, 9.17) is 0 Å². The summed E-state index contributed by atoms with van der Waals surface area (Å²) in [5.41, 5.74) is 1.06. The van der Waals surface area contributed by atoms with Crippen molar-refractivity contribution >= 4 is 11.6 Å². The van der Waals surface area contributed by atoms with Gasteiger partial charge < -0.3 is 16.0 Å². The Kier molecular flexibility index (Phi) is 5.15. The summed E-state index contributed by atoms with van der Waals surface area (Å²) in [6.07, 6.45) is 3.55. The van der Waals surface area contributed by atoms with Gasteiger partial charge in [0.25, 0.3) is 0 Å². The van der Waals surface area contributed by atoms with Crippen LogP contribution < -0.4 is 16.0 Å². The monoisotopic (exact) mass is 253 g/mol. The van der Waals surface area contributed by atoms with Crippen LogP contribution in [0.5, 0.6) is 0 Å². The molecule has 6 nitrogen and oxygen atoms in total. The molecule has 18 heavy (non-hydrogen) atoms. The molecule has 0 atom stereocenters. The molecule has 0 aliphatic heterocycles. The fourth-order valence-corrected chi connectivity index (χ4v) is 1.41. The second-order valence-corrected chi connectivity index (χ2v) is 5.20. The Morgan fingerprint density at radius 2 is 2.11 bits per heavy atom. The van der Waals surface area contributed by atoms with Crippen LogP contribution in [0.3, 0.4) is 0 Å². The SMILES string of the molecule is CNC(=O)Cn1cc(NCCNC(C)(C)C)cn1. The summed E-state index contributed by atoms with van der Waals surface area (Å²) in [7, 11) is 1.61. The molecule has 102 valence electrons. The molecule has 0 fully saturated rings. The molecule has 6 heteroatoms. The number of rotatable bonds is 6. The van der Waals surface area contributed by atoms with E-state index in [9.17, 15) is 4.79 Å². The summed E-state index contributed by atoms with van der Waals surface area (Å²) in [6, 6.07) is 0. The van der Waals surface area contributed by atoms with E-state index in [-0.39, 0.29) is 18.0 Å². The summed E-state index contributed by atoms with van der Waals surface area (Å²) in [6.45, 7) is 8.35. The first-order valence-electron chi connectivity index (χ1n) is 6.12. The lowest BCUT2D eigenvalue weighted by atomic mass is 10.1. The van der Waals surface area contributed by atoms with Crippen molar-refractivity contribution in [1.29, 1.82) is 0 Å². The molecule has 1 rings (SSSR count). The number of aromatic nitrogens is 2. The highest BCUT2D eigenvalue weighted by atomic mass is 16.1. The number of likely N-dealkylation sites (N-methyl/N-ethyl adjacent to an activating group) is 1. The van der Waals surface area contributed by atoms with Gasteiger partial charge in [-0.25, -0.2) is 0 Å². The first-order valence-corrected chi connectivity index (χ1v) is 6.12. The highest BCUT2D eigenvalue weighted by Crippen LogP contribution is 2.04. The summed E-state index contributed by atoms with van der Waals surface area (Å²) in [5.74, 6) is -0.0564. The van der Waals surface area contributed by atoms with Crippen LogP contribution >= 0.6 is 0 Å². The second kappa shape index (κ2) is 6.39. The van der Waals surface area contributed by atoms with Gasteiger partial charge in [-0.3, -0.25) is 9.48 Å². The quantitative estimate of drug-likeness (QED) is 0.643. The van der Waals surface area contributed by atoms with Crippen molar-refractivity contribution in [1.82, 2.24) is 20.4 Å². The van der Waals surface area contributed by atoms with Crippen LogP contribution in [0.4, 0.5) is 5.69 Å². The molecule has 1 heterocycles. The van der Waals surface area contributed by atoms with Crippen LogP contribution in [-0.2, 0) is 11.3 Å². The molecule has 0 radical (unpaired) electrons. The lowest BCUT2D eigenvalue weighted by Crippen LogP contribution is -2.38. The zero-order chi connectivity index (χ0) is 13.6. The Morgan fingerprint density at radius 1 is 1.39 bits per heavy atom. The van der Waals surface area contributed by atoms with Gasteiger partial charge in [0.15, 0.2) is 0 Å². The van der Waals surface area contributed by atoms with Crippen molar-refractivity contribution in [2.45, 2.75) is 32.9 Å². The highest BCUT2D eigenvalue weighted by Gasteiger charge is 2.07. The Balaban J connectivity index is 2.29. The zero-order valence-electron chi connectivity index (χ0n) is 11.6. The first-order chi connectivity index (χ1) is 8.40. The minimum Gasteiger partial charge on any atom is -0.381 e. The van der Waals surface area contributed by atoms with Gasteiger partial charge in [-0.1, -0.05) is 0 Å². The number of hydrogen-bond donors (Lipinski definition) is 3. The van der Waals surface area contributed by atoms with Crippen molar-refractivity contribution in [2.24, 2.45) is 0 Å². The third kappa shape index (κ3) is 5.67. The van der Waals surface area contributed by atoms with Gasteiger partial charge in [0.1, 0.15) is 6.54 Å². The molecule has 0 aliphatic rings. The van der Waals surface area contributed by atoms with Gasteiger partial charge in [-0.2, -0.15) is 5.10 Å². The van der Waals surface area contributed by atoms with Crippen LogP contribution in [0.1, 0.15) is 20.8 Å². The van der Waals surface area contributed by atoms with E-state index in [0.717, 1.165) is 18.8 Å². The second-order valence-electron chi connectivity index (χ2n) is 5.20. The third-order valence-electron chi connectivity index (χ3n) is 2.33. The molecule has 0 aliphatic carbocycles. The Labute approximate surface area is 108 Å². The number of amides is 1. The predicted molar refractivity (Wildman–Crippen MR) is 72.5 cm³/mol. The summed E-state index contributed by atoms with van der Waals surface area (Å²) < 4.78 is 1.61. The molecular formula is C12H23N5O. The minimum atomic E-state index is -0.0564. The molecular weight excluding hydrogens is 230 g/mol. The van der Waals surface area contributed by atoms with Crippen molar-refractivity contribution in [2.75, 3.05) is 25.5 Å². The average Bonchev–Trinajstić information content (AvgIpc) is 2.71. The molecule has 0 unspecified atom stereocenters. The number of anilines is 1. The Bertz CT molecular complexity index is 380. The smallest absolute Gasteiger partial charge is 0.241 e. The van der Waals surface area contributed by atoms with Gasteiger partial charge >= 0.3 is 0 Å². The topological polar surface area (TPSA) is 71.0 Å². The van der Waals surface area contributed by atoms with Gasteiger partial charge in [0, 0.05) is 31.9 Å². The van der Waals surface area contributed by atoms with Crippen LogP contribution in [-0.4, -0.2) is 41.4 Å². The third-order valence-corrected chi connectivity index (χ3v) is 2.33. The van der Waals surface area contributed by atoms with E-state index in [1.54, 1.807) is 17.9 Å². The van der Waals surface area contributed by atoms with Crippen molar-refractivity contribution in [3.8, 4) is 0 Å². The maximum Gasteiger partial charge on any atom is 0.241 e. The van der Waals surface area contributed by atoms with Gasteiger partial charge in [0.2, 0.25) is 5.91 Å². The lowest BCUT2D eigenvalue weighted by Gasteiger charge is -2.20. The Morgan fingerprint density at radius 3 is 2.72 bits per heavy atom. The number of hydrogen-bond acceptors (Lipinski definition) is 4.